The molecule has 2 N–H and O–H groups in total. The molecular formula is C25H24F5N5O. The minimum Gasteiger partial charge on any atom is -0.324 e. The van der Waals surface area contributed by atoms with Crippen molar-refractivity contribution in [3.05, 3.63) is 76.4 Å². The maximum absolute atomic E-state index is 14.1. The number of benzene rings is 2. The molecule has 0 saturated heterocycles. The minimum absolute atomic E-state index is 0.0495. The number of aromatic nitrogens is 3. The van der Waals surface area contributed by atoms with Crippen LogP contribution in [0.25, 0.3) is 0 Å². The molecular weight excluding hydrogens is 481 g/mol. The Labute approximate surface area is 203 Å². The van der Waals surface area contributed by atoms with Gasteiger partial charge in [-0.25, -0.2) is 8.78 Å². The quantitative estimate of drug-likeness (QED) is 0.500. The summed E-state index contributed by atoms with van der Waals surface area (Å²) >= 11 is 0. The van der Waals surface area contributed by atoms with Gasteiger partial charge in [-0.3, -0.25) is 4.79 Å². The maximum atomic E-state index is 14.1. The topological polar surface area (TPSA) is 77.0 Å². The van der Waals surface area contributed by atoms with Gasteiger partial charge in [-0.1, -0.05) is 12.1 Å². The molecule has 1 amide bonds. The molecule has 1 aliphatic carbocycles. The number of rotatable bonds is 5. The molecule has 2 aromatic carbocycles. The fourth-order valence-corrected chi connectivity index (χ4v) is 5.30. The molecule has 6 nitrogen and oxygen atoms in total. The highest BCUT2D eigenvalue weighted by atomic mass is 19.4. The maximum Gasteiger partial charge on any atom is 0.416 e. The van der Waals surface area contributed by atoms with E-state index in [1.54, 1.807) is 42.8 Å². The molecule has 5 rings (SSSR count). The van der Waals surface area contributed by atoms with Gasteiger partial charge in [-0.2, -0.15) is 13.2 Å². The second-order valence-electron chi connectivity index (χ2n) is 9.85. The summed E-state index contributed by atoms with van der Waals surface area (Å²) in [5, 5.41) is 7.86. The number of amides is 1. The first kappa shape index (κ1) is 24.4. The van der Waals surface area contributed by atoms with Crippen molar-refractivity contribution in [2.75, 3.05) is 4.90 Å². The van der Waals surface area contributed by atoms with Crippen LogP contribution in [0.1, 0.15) is 64.2 Å². The number of nitrogens with zero attached hydrogens (tertiary/aromatic N) is 4. The van der Waals surface area contributed by atoms with Crippen LogP contribution in [-0.2, 0) is 31.6 Å². The fraction of sp³-hybridized carbons (Fsp3) is 0.400. The molecule has 1 aliphatic heterocycles. The highest BCUT2D eigenvalue weighted by Crippen LogP contribution is 2.55. The van der Waals surface area contributed by atoms with Crippen LogP contribution >= 0.6 is 0 Å². The first-order chi connectivity index (χ1) is 16.8. The second-order valence-corrected chi connectivity index (χ2v) is 9.85. The van der Waals surface area contributed by atoms with E-state index < -0.39 is 47.9 Å². The van der Waals surface area contributed by atoms with E-state index in [2.05, 4.69) is 10.2 Å². The van der Waals surface area contributed by atoms with Crippen LogP contribution in [0.2, 0.25) is 0 Å². The number of aryl methyl sites for hydroxylation is 1. The Bertz CT molecular complexity index is 1340. The summed E-state index contributed by atoms with van der Waals surface area (Å²) in [6, 6.07) is 8.26. The standard InChI is InChI=1S/C25H24F5N5O/c1-14(31)15-6-18-19(20(7-15)25(28,29)30)10-35(22(18)36)17-5-3-4-16(8-17)23(11-24(26,27)12-23)9-21-33-32-13-34(21)2/h3-8,13-14H,9-12,31H2,1-2H3/t14-/m0/s1. The number of carbonyl (C=O) groups is 1. The summed E-state index contributed by atoms with van der Waals surface area (Å²) in [7, 11) is 1.73. The van der Waals surface area contributed by atoms with Gasteiger partial charge in [0, 0.05) is 49.0 Å². The monoisotopic (exact) mass is 505 g/mol. The number of nitrogens with two attached hydrogens (primary N) is 1. The number of alkyl halides is 5. The van der Waals surface area contributed by atoms with Crippen LogP contribution in [0.4, 0.5) is 27.6 Å². The molecule has 11 heteroatoms. The average molecular weight is 505 g/mol. The molecule has 3 aromatic rings. The fourth-order valence-electron chi connectivity index (χ4n) is 5.30. The van der Waals surface area contributed by atoms with Crippen LogP contribution in [0, 0.1) is 0 Å². The van der Waals surface area contributed by atoms with E-state index in [1.165, 1.54) is 17.3 Å². The predicted molar refractivity (Wildman–Crippen MR) is 122 cm³/mol. The van der Waals surface area contributed by atoms with Crippen molar-refractivity contribution in [3.63, 3.8) is 0 Å². The van der Waals surface area contributed by atoms with Gasteiger partial charge in [0.2, 0.25) is 5.92 Å². The number of halogens is 5. The van der Waals surface area contributed by atoms with Crippen LogP contribution in [0.5, 0.6) is 0 Å². The lowest BCUT2D eigenvalue weighted by molar-refractivity contribution is -0.138. The van der Waals surface area contributed by atoms with Gasteiger partial charge >= 0.3 is 6.18 Å². The van der Waals surface area contributed by atoms with Gasteiger partial charge in [0.1, 0.15) is 12.2 Å². The Morgan fingerprint density at radius 3 is 2.47 bits per heavy atom. The number of anilines is 1. The van der Waals surface area contributed by atoms with Gasteiger partial charge in [0.05, 0.1) is 12.1 Å². The second kappa shape index (κ2) is 8.09. The Morgan fingerprint density at radius 2 is 1.89 bits per heavy atom. The smallest absolute Gasteiger partial charge is 0.324 e. The van der Waals surface area contributed by atoms with E-state index in [9.17, 15) is 26.7 Å². The van der Waals surface area contributed by atoms with E-state index in [1.807, 2.05) is 0 Å². The Hall–Kier alpha value is -3.34. The molecule has 36 heavy (non-hydrogen) atoms. The predicted octanol–water partition coefficient (Wildman–Crippen LogP) is 4.92. The summed E-state index contributed by atoms with van der Waals surface area (Å²) in [5.41, 5.74) is 4.96. The third-order valence-corrected chi connectivity index (χ3v) is 7.16. The van der Waals surface area contributed by atoms with Crippen LogP contribution < -0.4 is 10.6 Å². The zero-order chi connectivity index (χ0) is 26.0. The van der Waals surface area contributed by atoms with E-state index in [-0.39, 0.29) is 29.7 Å². The number of carbonyl (C=O) groups excluding carboxylic acids is 1. The van der Waals surface area contributed by atoms with E-state index in [0.717, 1.165) is 6.07 Å². The van der Waals surface area contributed by atoms with Crippen molar-refractivity contribution < 1.29 is 26.7 Å². The van der Waals surface area contributed by atoms with Gasteiger partial charge in [-0.05, 0) is 47.9 Å². The third kappa shape index (κ3) is 4.04. The lowest BCUT2D eigenvalue weighted by Gasteiger charge is -2.48. The molecule has 1 aromatic heterocycles. The highest BCUT2D eigenvalue weighted by Gasteiger charge is 2.57. The summed E-state index contributed by atoms with van der Waals surface area (Å²) in [6.07, 6.45) is -3.76. The molecule has 1 atom stereocenters. The minimum atomic E-state index is -4.66. The lowest BCUT2D eigenvalue weighted by atomic mass is 9.60. The van der Waals surface area contributed by atoms with Crippen LogP contribution in [-0.4, -0.2) is 26.6 Å². The summed E-state index contributed by atoms with van der Waals surface area (Å²) in [4.78, 5) is 14.5. The van der Waals surface area contributed by atoms with Crippen molar-refractivity contribution in [1.29, 1.82) is 0 Å². The number of hydrogen-bond acceptors (Lipinski definition) is 4. The van der Waals surface area contributed by atoms with Crippen molar-refractivity contribution in [2.45, 2.75) is 56.3 Å². The molecule has 1 fully saturated rings. The number of fused-ring (bicyclic) bond motifs is 1. The summed E-state index contributed by atoms with van der Waals surface area (Å²) in [5.74, 6) is -2.89. The summed E-state index contributed by atoms with van der Waals surface area (Å²) in [6.45, 7) is 1.27. The molecule has 0 radical (unpaired) electrons. The van der Waals surface area contributed by atoms with Gasteiger partial charge in [0.15, 0.2) is 0 Å². The van der Waals surface area contributed by atoms with Crippen LogP contribution in [0.3, 0.4) is 0 Å². The highest BCUT2D eigenvalue weighted by molar-refractivity contribution is 6.10. The first-order valence-corrected chi connectivity index (χ1v) is 11.4. The largest absolute Gasteiger partial charge is 0.416 e. The van der Waals surface area contributed by atoms with Crippen molar-refractivity contribution in [3.8, 4) is 0 Å². The Kier molecular flexibility index (Phi) is 5.47. The first-order valence-electron chi connectivity index (χ1n) is 11.4. The van der Waals surface area contributed by atoms with Gasteiger partial charge in [-0.15, -0.1) is 10.2 Å². The van der Waals surface area contributed by atoms with Gasteiger partial charge < -0.3 is 15.2 Å². The van der Waals surface area contributed by atoms with E-state index in [4.69, 9.17) is 5.73 Å². The lowest BCUT2D eigenvalue weighted by Crippen LogP contribution is -2.51. The van der Waals surface area contributed by atoms with E-state index >= 15 is 0 Å². The molecule has 0 bridgehead atoms. The van der Waals surface area contributed by atoms with Crippen molar-refractivity contribution >= 4 is 11.6 Å². The molecule has 0 unspecified atom stereocenters. The number of hydrogen-bond donors (Lipinski definition) is 1. The van der Waals surface area contributed by atoms with E-state index in [0.29, 0.717) is 17.1 Å². The van der Waals surface area contributed by atoms with Crippen molar-refractivity contribution in [2.24, 2.45) is 12.8 Å². The molecule has 2 aliphatic rings. The molecule has 190 valence electrons. The Morgan fingerprint density at radius 1 is 1.17 bits per heavy atom. The van der Waals surface area contributed by atoms with Gasteiger partial charge in [0.25, 0.3) is 5.91 Å². The molecule has 2 heterocycles. The zero-order valence-electron chi connectivity index (χ0n) is 19.6. The summed E-state index contributed by atoms with van der Waals surface area (Å²) < 4.78 is 71.5. The SMILES string of the molecule is C[C@H](N)c1cc2c(c(C(F)(F)F)c1)CN(c1cccc(C3(Cc4nncn4C)CC(F)(F)C3)c1)C2=O. The average Bonchev–Trinajstić information content (AvgIpc) is 3.33. The van der Waals surface area contributed by atoms with Crippen LogP contribution in [0.15, 0.2) is 42.7 Å². The zero-order valence-corrected chi connectivity index (χ0v) is 19.6. The third-order valence-electron chi connectivity index (χ3n) is 7.16. The normalized spacial score (nSPS) is 19.2. The molecule has 0 spiro atoms. The molecule has 1 saturated carbocycles. The van der Waals surface area contributed by atoms with Crippen molar-refractivity contribution in [1.82, 2.24) is 14.8 Å². The Balaban J connectivity index is 1.53.